The van der Waals surface area contributed by atoms with Crippen molar-refractivity contribution in [3.63, 3.8) is 0 Å². The van der Waals surface area contributed by atoms with E-state index in [9.17, 15) is 4.79 Å². The van der Waals surface area contributed by atoms with E-state index in [1.165, 1.54) is 0 Å². The second-order valence-electron chi connectivity index (χ2n) is 7.38. The van der Waals surface area contributed by atoms with Crippen LogP contribution in [0.25, 0.3) is 0 Å². The number of pyridine rings is 1. The highest BCUT2D eigenvalue weighted by Gasteiger charge is 2.32. The summed E-state index contributed by atoms with van der Waals surface area (Å²) in [5.74, 6) is 0.805. The maximum absolute atomic E-state index is 12.6. The number of rotatable bonds is 8. The Morgan fingerprint density at radius 1 is 1.23 bits per heavy atom. The molecule has 2 N–H and O–H groups in total. The number of hydrogen-bond donors (Lipinski definition) is 2. The van der Waals surface area contributed by atoms with Gasteiger partial charge in [-0.1, -0.05) is 11.6 Å². The van der Waals surface area contributed by atoms with Crippen molar-refractivity contribution in [2.75, 3.05) is 45.8 Å². The van der Waals surface area contributed by atoms with Crippen LogP contribution in [0.1, 0.15) is 24.5 Å². The Balaban J connectivity index is 1.68. The third-order valence-electron chi connectivity index (χ3n) is 5.31. The van der Waals surface area contributed by atoms with Gasteiger partial charge in [-0.15, -0.1) is 0 Å². The second kappa shape index (κ2) is 11.2. The molecule has 3 rings (SSSR count). The molecule has 1 aromatic heterocycles. The minimum Gasteiger partial charge on any atom is -0.495 e. The van der Waals surface area contributed by atoms with Crippen LogP contribution in [0.2, 0.25) is 5.02 Å². The first kappa shape index (κ1) is 22.3. The molecule has 0 radical (unpaired) electrons. The minimum absolute atomic E-state index is 0.0168. The lowest BCUT2D eigenvalue weighted by Crippen LogP contribution is -2.51. The molecular weight excluding hydrogens is 404 g/mol. The smallest absolute Gasteiger partial charge is 0.319 e. The summed E-state index contributed by atoms with van der Waals surface area (Å²) in [6.45, 7) is 3.45. The van der Waals surface area contributed by atoms with E-state index in [4.69, 9.17) is 21.1 Å². The molecule has 2 amide bonds. The lowest BCUT2D eigenvalue weighted by molar-refractivity contribution is 0.142. The molecule has 162 valence electrons. The zero-order valence-electron chi connectivity index (χ0n) is 17.4. The fourth-order valence-corrected chi connectivity index (χ4v) is 3.85. The van der Waals surface area contributed by atoms with Crippen LogP contribution in [0, 0.1) is 0 Å². The highest BCUT2D eigenvalue weighted by atomic mass is 35.5. The van der Waals surface area contributed by atoms with Gasteiger partial charge in [0.1, 0.15) is 5.75 Å². The first-order chi connectivity index (χ1) is 14.6. The van der Waals surface area contributed by atoms with Gasteiger partial charge in [0.05, 0.1) is 13.3 Å². The van der Waals surface area contributed by atoms with Gasteiger partial charge in [-0.2, -0.15) is 0 Å². The summed E-state index contributed by atoms with van der Waals surface area (Å²) in [4.78, 5) is 19.6. The molecule has 1 fully saturated rings. The van der Waals surface area contributed by atoms with Gasteiger partial charge in [0.2, 0.25) is 0 Å². The second-order valence-corrected chi connectivity index (χ2v) is 7.81. The maximum atomic E-state index is 12.6. The molecule has 7 nitrogen and oxygen atoms in total. The molecule has 1 saturated heterocycles. The van der Waals surface area contributed by atoms with Crippen LogP contribution < -0.4 is 15.4 Å². The molecule has 30 heavy (non-hydrogen) atoms. The number of carbonyl (C=O) groups excluding carboxylic acids is 1. The van der Waals surface area contributed by atoms with Gasteiger partial charge in [-0.05, 0) is 49.2 Å². The van der Waals surface area contributed by atoms with Gasteiger partial charge in [-0.25, -0.2) is 4.79 Å². The summed E-state index contributed by atoms with van der Waals surface area (Å²) in [6.07, 6.45) is 3.55. The molecule has 2 heterocycles. The highest BCUT2D eigenvalue weighted by molar-refractivity contribution is 6.30. The van der Waals surface area contributed by atoms with E-state index in [1.807, 2.05) is 12.1 Å². The van der Waals surface area contributed by atoms with Gasteiger partial charge in [0, 0.05) is 61.7 Å². The molecule has 0 spiro atoms. The van der Waals surface area contributed by atoms with Crippen LogP contribution in [-0.2, 0) is 4.74 Å². The molecule has 0 aliphatic carbocycles. The van der Waals surface area contributed by atoms with E-state index in [0.29, 0.717) is 10.7 Å². The number of halogens is 1. The van der Waals surface area contributed by atoms with Crippen LogP contribution in [-0.4, -0.2) is 62.4 Å². The molecule has 0 bridgehead atoms. The van der Waals surface area contributed by atoms with Gasteiger partial charge in [-0.3, -0.25) is 4.98 Å². The van der Waals surface area contributed by atoms with E-state index in [2.05, 4.69) is 20.5 Å². The topological polar surface area (TPSA) is 75.7 Å². The minimum atomic E-state index is -0.228. The average Bonchev–Trinajstić information content (AvgIpc) is 2.76. The van der Waals surface area contributed by atoms with Crippen LogP contribution in [0.4, 0.5) is 10.5 Å². The maximum Gasteiger partial charge on any atom is 0.319 e. The fraction of sp³-hybridized carbons (Fsp3) is 0.455. The summed E-state index contributed by atoms with van der Waals surface area (Å²) < 4.78 is 10.4. The van der Waals surface area contributed by atoms with Crippen molar-refractivity contribution in [1.82, 2.24) is 15.2 Å². The Hall–Kier alpha value is -2.35. The first-order valence-corrected chi connectivity index (χ1v) is 10.5. The number of piperidine rings is 1. The van der Waals surface area contributed by atoms with Crippen molar-refractivity contribution < 1.29 is 14.3 Å². The molecular formula is C22H29ClN4O3. The summed E-state index contributed by atoms with van der Waals surface area (Å²) in [7, 11) is 3.35. The summed E-state index contributed by atoms with van der Waals surface area (Å²) >= 11 is 5.91. The van der Waals surface area contributed by atoms with Crippen molar-refractivity contribution in [2.24, 2.45) is 0 Å². The predicted octanol–water partition coefficient (Wildman–Crippen LogP) is 3.76. The van der Waals surface area contributed by atoms with Crippen LogP contribution >= 0.6 is 11.6 Å². The highest BCUT2D eigenvalue weighted by Crippen LogP contribution is 2.27. The number of carbonyl (C=O) groups is 1. The van der Waals surface area contributed by atoms with Crippen LogP contribution in [0.15, 0.2) is 42.6 Å². The lowest BCUT2D eigenvalue weighted by atomic mass is 9.88. The average molecular weight is 433 g/mol. The van der Waals surface area contributed by atoms with E-state index < -0.39 is 0 Å². The van der Waals surface area contributed by atoms with Crippen molar-refractivity contribution >= 4 is 23.3 Å². The van der Waals surface area contributed by atoms with E-state index in [-0.39, 0.29) is 18.0 Å². The van der Waals surface area contributed by atoms with Crippen molar-refractivity contribution in [3.8, 4) is 5.75 Å². The number of hydrogen-bond acceptors (Lipinski definition) is 5. The molecule has 1 aromatic carbocycles. The number of likely N-dealkylation sites (tertiary alicyclic amines) is 1. The predicted molar refractivity (Wildman–Crippen MR) is 118 cm³/mol. The SMILES string of the molecule is COCCCN1CC[C@@H](NC(=O)Nc2ccc(Cl)cc2)[C@H](c2ccc(OC)cn2)C1. The molecule has 1 aliphatic heterocycles. The van der Waals surface area contributed by atoms with Gasteiger partial charge >= 0.3 is 6.03 Å². The molecule has 2 aromatic rings. The summed E-state index contributed by atoms with van der Waals surface area (Å²) in [6, 6.07) is 10.7. The molecule has 0 unspecified atom stereocenters. The fourth-order valence-electron chi connectivity index (χ4n) is 3.73. The number of urea groups is 1. The molecule has 2 atom stereocenters. The van der Waals surface area contributed by atoms with Crippen molar-refractivity contribution in [3.05, 3.63) is 53.3 Å². The Morgan fingerprint density at radius 3 is 2.70 bits per heavy atom. The van der Waals surface area contributed by atoms with Crippen LogP contribution in [0.3, 0.4) is 0 Å². The summed E-state index contributed by atoms with van der Waals surface area (Å²) in [5.41, 5.74) is 1.65. The third kappa shape index (κ3) is 6.32. The largest absolute Gasteiger partial charge is 0.495 e. The normalized spacial score (nSPS) is 19.3. The van der Waals surface area contributed by atoms with E-state index in [0.717, 1.165) is 50.5 Å². The standard InChI is InChI=1S/C22H29ClN4O3/c1-29-13-3-11-27-12-10-21(19(15-27)20-9-8-18(30-2)14-24-20)26-22(28)25-17-6-4-16(23)5-7-17/h4-9,14,19,21H,3,10-13,15H2,1-2H3,(H2,25,26,28)/t19-,21+/m0/s1. The molecule has 0 saturated carbocycles. The van der Waals surface area contributed by atoms with E-state index in [1.54, 1.807) is 44.7 Å². The Morgan fingerprint density at radius 2 is 2.03 bits per heavy atom. The number of anilines is 1. The van der Waals surface area contributed by atoms with Gasteiger partial charge < -0.3 is 25.0 Å². The number of ether oxygens (including phenoxy) is 2. The number of aromatic nitrogens is 1. The number of methoxy groups -OCH3 is 2. The zero-order valence-corrected chi connectivity index (χ0v) is 18.2. The molecule has 1 aliphatic rings. The third-order valence-corrected chi connectivity index (χ3v) is 5.57. The summed E-state index contributed by atoms with van der Waals surface area (Å²) in [5, 5.41) is 6.65. The van der Waals surface area contributed by atoms with Gasteiger partial charge in [0.15, 0.2) is 0 Å². The van der Waals surface area contributed by atoms with Crippen molar-refractivity contribution in [2.45, 2.75) is 24.8 Å². The van der Waals surface area contributed by atoms with E-state index >= 15 is 0 Å². The molecule has 8 heteroatoms. The monoisotopic (exact) mass is 432 g/mol. The number of benzene rings is 1. The first-order valence-electron chi connectivity index (χ1n) is 10.1. The number of amides is 2. The van der Waals surface area contributed by atoms with Crippen molar-refractivity contribution in [1.29, 1.82) is 0 Å². The Kier molecular flexibility index (Phi) is 8.30. The van der Waals surface area contributed by atoms with Crippen LogP contribution in [0.5, 0.6) is 5.75 Å². The Labute approximate surface area is 182 Å². The lowest BCUT2D eigenvalue weighted by Gasteiger charge is -2.38. The zero-order chi connectivity index (χ0) is 21.3. The van der Waals surface area contributed by atoms with Gasteiger partial charge in [0.25, 0.3) is 0 Å². The number of nitrogens with zero attached hydrogens (tertiary/aromatic N) is 2. The quantitative estimate of drug-likeness (QED) is 0.621. The number of nitrogens with one attached hydrogen (secondary N) is 2. The Bertz CT molecular complexity index is 801.